The number of carbonyl (C=O) groups is 1. The third-order valence-corrected chi connectivity index (χ3v) is 4.32. The number of rotatable bonds is 4. The van der Waals surface area contributed by atoms with E-state index in [1.165, 1.54) is 0 Å². The number of aromatic nitrogens is 2. The van der Waals surface area contributed by atoms with Gasteiger partial charge in [0, 0.05) is 17.8 Å². The largest absolute Gasteiger partial charge is 0.344 e. The van der Waals surface area contributed by atoms with Crippen molar-refractivity contribution >= 4 is 5.91 Å². The van der Waals surface area contributed by atoms with Crippen LogP contribution in [-0.4, -0.2) is 28.2 Å². The Labute approximate surface area is 107 Å². The van der Waals surface area contributed by atoms with Crippen LogP contribution in [0.3, 0.4) is 0 Å². The summed E-state index contributed by atoms with van der Waals surface area (Å²) in [6.07, 6.45) is 5.39. The van der Waals surface area contributed by atoms with Crippen molar-refractivity contribution in [3.05, 3.63) is 17.0 Å². The smallest absolute Gasteiger partial charge is 0.272 e. The first-order valence-corrected chi connectivity index (χ1v) is 6.73. The van der Waals surface area contributed by atoms with Gasteiger partial charge in [-0.05, 0) is 44.9 Å². The average molecular weight is 248 g/mol. The SMILES string of the molecule is CC(CN)(NC(=O)c1n[nH]c2c1CCC2)C1CC1. The topological polar surface area (TPSA) is 83.8 Å². The molecule has 98 valence electrons. The summed E-state index contributed by atoms with van der Waals surface area (Å²) in [5.74, 6) is 0.452. The molecule has 1 atom stereocenters. The summed E-state index contributed by atoms with van der Waals surface area (Å²) < 4.78 is 0. The second-order valence-corrected chi connectivity index (χ2v) is 5.73. The van der Waals surface area contributed by atoms with Crippen LogP contribution in [0.2, 0.25) is 0 Å². The maximum atomic E-state index is 12.3. The van der Waals surface area contributed by atoms with Gasteiger partial charge in [0.25, 0.3) is 5.91 Å². The molecule has 1 unspecified atom stereocenters. The minimum atomic E-state index is -0.276. The molecule has 2 aliphatic rings. The molecule has 0 spiro atoms. The predicted molar refractivity (Wildman–Crippen MR) is 68.3 cm³/mol. The number of carbonyl (C=O) groups excluding carboxylic acids is 1. The first-order chi connectivity index (χ1) is 8.64. The van der Waals surface area contributed by atoms with Crippen molar-refractivity contribution in [2.24, 2.45) is 11.7 Å². The number of nitrogens with zero attached hydrogens (tertiary/aromatic N) is 1. The summed E-state index contributed by atoms with van der Waals surface area (Å²) in [4.78, 5) is 12.3. The maximum Gasteiger partial charge on any atom is 0.272 e. The number of aryl methyl sites for hydroxylation is 1. The third kappa shape index (κ3) is 1.82. The van der Waals surface area contributed by atoms with E-state index in [0.29, 0.717) is 18.2 Å². The predicted octanol–water partition coefficient (Wildman–Crippen LogP) is 0.756. The molecule has 18 heavy (non-hydrogen) atoms. The van der Waals surface area contributed by atoms with Gasteiger partial charge in [-0.3, -0.25) is 9.89 Å². The van der Waals surface area contributed by atoms with Crippen molar-refractivity contribution in [3.63, 3.8) is 0 Å². The summed E-state index contributed by atoms with van der Waals surface area (Å²) in [6, 6.07) is 0. The van der Waals surface area contributed by atoms with E-state index < -0.39 is 0 Å². The van der Waals surface area contributed by atoms with E-state index in [-0.39, 0.29) is 11.4 Å². The quantitative estimate of drug-likeness (QED) is 0.735. The van der Waals surface area contributed by atoms with Gasteiger partial charge in [0.05, 0.1) is 5.54 Å². The number of hydrogen-bond donors (Lipinski definition) is 3. The van der Waals surface area contributed by atoms with E-state index in [0.717, 1.165) is 43.4 Å². The average Bonchev–Trinajstić information content (AvgIpc) is 2.98. The van der Waals surface area contributed by atoms with Gasteiger partial charge in [0.15, 0.2) is 5.69 Å². The van der Waals surface area contributed by atoms with Gasteiger partial charge in [0.2, 0.25) is 0 Å². The molecule has 1 heterocycles. The highest BCUT2D eigenvalue weighted by Gasteiger charge is 2.42. The number of fused-ring (bicyclic) bond motifs is 1. The lowest BCUT2D eigenvalue weighted by Crippen LogP contribution is -2.53. The highest BCUT2D eigenvalue weighted by atomic mass is 16.2. The van der Waals surface area contributed by atoms with Crippen molar-refractivity contribution in [2.75, 3.05) is 6.54 Å². The first-order valence-electron chi connectivity index (χ1n) is 6.73. The summed E-state index contributed by atoms with van der Waals surface area (Å²) in [7, 11) is 0. The Morgan fingerprint density at radius 2 is 2.33 bits per heavy atom. The number of nitrogens with two attached hydrogens (primary N) is 1. The van der Waals surface area contributed by atoms with Crippen molar-refractivity contribution in [1.82, 2.24) is 15.5 Å². The maximum absolute atomic E-state index is 12.3. The molecule has 1 amide bonds. The summed E-state index contributed by atoms with van der Waals surface area (Å²) in [5, 5.41) is 10.2. The molecule has 0 bridgehead atoms. The second-order valence-electron chi connectivity index (χ2n) is 5.73. The number of amides is 1. The van der Waals surface area contributed by atoms with Crippen molar-refractivity contribution in [1.29, 1.82) is 0 Å². The Hall–Kier alpha value is -1.36. The summed E-state index contributed by atoms with van der Waals surface area (Å²) in [6.45, 7) is 2.52. The Morgan fingerprint density at radius 3 is 3.00 bits per heavy atom. The molecule has 4 N–H and O–H groups in total. The highest BCUT2D eigenvalue weighted by molar-refractivity contribution is 5.94. The molecule has 0 saturated heterocycles. The molecular weight excluding hydrogens is 228 g/mol. The molecule has 2 aliphatic carbocycles. The normalized spacial score (nSPS) is 21.4. The molecule has 1 aromatic heterocycles. The molecule has 0 aliphatic heterocycles. The minimum absolute atomic E-state index is 0.0748. The van der Waals surface area contributed by atoms with E-state index in [4.69, 9.17) is 5.73 Å². The van der Waals surface area contributed by atoms with E-state index in [1.807, 2.05) is 6.92 Å². The van der Waals surface area contributed by atoms with E-state index >= 15 is 0 Å². The van der Waals surface area contributed by atoms with Crippen LogP contribution >= 0.6 is 0 Å². The van der Waals surface area contributed by atoms with Crippen molar-refractivity contribution < 1.29 is 4.79 Å². The monoisotopic (exact) mass is 248 g/mol. The number of aromatic amines is 1. The highest BCUT2D eigenvalue weighted by Crippen LogP contribution is 2.39. The van der Waals surface area contributed by atoms with Gasteiger partial charge < -0.3 is 11.1 Å². The molecule has 1 fully saturated rings. The Bertz CT molecular complexity index is 477. The lowest BCUT2D eigenvalue weighted by molar-refractivity contribution is 0.0891. The Kier molecular flexibility index (Phi) is 2.66. The zero-order valence-electron chi connectivity index (χ0n) is 10.8. The van der Waals surface area contributed by atoms with E-state index in [9.17, 15) is 4.79 Å². The number of hydrogen-bond acceptors (Lipinski definition) is 3. The molecule has 0 aromatic carbocycles. The van der Waals surface area contributed by atoms with Crippen LogP contribution in [0.4, 0.5) is 0 Å². The lowest BCUT2D eigenvalue weighted by atomic mass is 9.95. The molecule has 5 heteroatoms. The van der Waals surface area contributed by atoms with Crippen molar-refractivity contribution in [3.8, 4) is 0 Å². The Morgan fingerprint density at radius 1 is 1.56 bits per heavy atom. The van der Waals surface area contributed by atoms with Crippen LogP contribution in [0.25, 0.3) is 0 Å². The van der Waals surface area contributed by atoms with Crippen LogP contribution in [-0.2, 0) is 12.8 Å². The van der Waals surface area contributed by atoms with Crippen LogP contribution in [0.5, 0.6) is 0 Å². The minimum Gasteiger partial charge on any atom is -0.344 e. The third-order valence-electron chi connectivity index (χ3n) is 4.32. The van der Waals surface area contributed by atoms with Crippen LogP contribution in [0.15, 0.2) is 0 Å². The molecule has 3 rings (SSSR count). The summed E-state index contributed by atoms with van der Waals surface area (Å²) in [5.41, 5.74) is 8.34. The van der Waals surface area contributed by atoms with Crippen LogP contribution in [0, 0.1) is 5.92 Å². The fourth-order valence-corrected chi connectivity index (χ4v) is 2.87. The van der Waals surface area contributed by atoms with E-state index in [1.54, 1.807) is 0 Å². The van der Waals surface area contributed by atoms with Gasteiger partial charge >= 0.3 is 0 Å². The van der Waals surface area contributed by atoms with Crippen LogP contribution in [0.1, 0.15) is 47.9 Å². The summed E-state index contributed by atoms with van der Waals surface area (Å²) >= 11 is 0. The zero-order chi connectivity index (χ0) is 12.8. The lowest BCUT2D eigenvalue weighted by Gasteiger charge is -2.29. The number of nitrogens with one attached hydrogen (secondary N) is 2. The Balaban J connectivity index is 1.78. The molecule has 1 aromatic rings. The van der Waals surface area contributed by atoms with Crippen LogP contribution < -0.4 is 11.1 Å². The fraction of sp³-hybridized carbons (Fsp3) is 0.692. The number of H-pyrrole nitrogens is 1. The molecule has 0 radical (unpaired) electrons. The van der Waals surface area contributed by atoms with E-state index in [2.05, 4.69) is 15.5 Å². The van der Waals surface area contributed by atoms with Crippen molar-refractivity contribution in [2.45, 2.75) is 44.6 Å². The zero-order valence-corrected chi connectivity index (χ0v) is 10.8. The van der Waals surface area contributed by atoms with Gasteiger partial charge in [-0.25, -0.2) is 0 Å². The fourth-order valence-electron chi connectivity index (χ4n) is 2.87. The van der Waals surface area contributed by atoms with Gasteiger partial charge in [-0.2, -0.15) is 5.10 Å². The standard InChI is InChI=1S/C13H20N4O/c1-13(7-14,8-5-6-8)15-12(18)11-9-3-2-4-10(9)16-17-11/h8H,2-7,14H2,1H3,(H,15,18)(H,16,17). The second kappa shape index (κ2) is 4.09. The van der Waals surface area contributed by atoms with Gasteiger partial charge in [-0.15, -0.1) is 0 Å². The molecular formula is C13H20N4O. The molecule has 5 nitrogen and oxygen atoms in total. The molecule has 1 saturated carbocycles. The van der Waals surface area contributed by atoms with Gasteiger partial charge in [0.1, 0.15) is 0 Å². The van der Waals surface area contributed by atoms with Gasteiger partial charge in [-0.1, -0.05) is 0 Å². The first kappa shape index (κ1) is 11.7.